The third kappa shape index (κ3) is 1.44. The highest BCUT2D eigenvalue weighted by atomic mass is 16.3. The molecule has 1 aliphatic heterocycles. The largest absolute Gasteiger partial charge is 0.456 e. The Hall–Kier alpha value is -4.17. The Morgan fingerprint density at radius 1 is 0.516 bits per heavy atom. The van der Waals surface area contributed by atoms with Crippen molar-refractivity contribution in [2.24, 2.45) is 0 Å². The second-order valence-electron chi connectivity index (χ2n) is 8.85. The van der Waals surface area contributed by atoms with Gasteiger partial charge in [0.15, 0.2) is 5.43 Å². The lowest BCUT2D eigenvalue weighted by Gasteiger charge is -2.24. The second-order valence-corrected chi connectivity index (χ2v) is 8.85. The molecule has 140 valence electrons. The van der Waals surface area contributed by atoms with Crippen LogP contribution in [0, 0.1) is 0 Å². The van der Waals surface area contributed by atoms with E-state index >= 15 is 0 Å². The molecule has 0 amide bonds. The van der Waals surface area contributed by atoms with E-state index in [4.69, 9.17) is 4.42 Å². The lowest BCUT2D eigenvalue weighted by Crippen LogP contribution is -2.06. The predicted octanol–water partition coefficient (Wildman–Crippen LogP) is 7.57. The standard InChI is InChI=1S/C29H12O2/c30-19-12-21-27-26-18(19)11-15-4-1-3-13-9-16-7-8-17-10-14-5-2-6-20(31-21)23(14)29(27)25(17)24(16)28(26)22(13)15/h1-12H. The Labute approximate surface area is 174 Å². The van der Waals surface area contributed by atoms with Gasteiger partial charge in [-0.05, 0) is 67.4 Å². The highest BCUT2D eigenvalue weighted by Gasteiger charge is 2.28. The lowest BCUT2D eigenvalue weighted by atomic mass is 9.79. The Morgan fingerprint density at radius 3 is 1.97 bits per heavy atom. The van der Waals surface area contributed by atoms with Gasteiger partial charge in [-0.1, -0.05) is 42.5 Å². The molecule has 0 aromatic heterocycles. The van der Waals surface area contributed by atoms with Gasteiger partial charge in [-0.3, -0.25) is 4.79 Å². The fraction of sp³-hybridized carbons (Fsp3) is 0. The molecule has 2 nitrogen and oxygen atoms in total. The SMILES string of the molecule is O=c1cc2oc3cccc4cc5ccc6cc7cccc8cc1c1c-2c(c43)c5c6c1c78. The first-order chi connectivity index (χ1) is 15.3. The van der Waals surface area contributed by atoms with E-state index in [0.717, 1.165) is 32.7 Å². The van der Waals surface area contributed by atoms with Crippen LogP contribution in [0.25, 0.3) is 86.9 Å². The quantitative estimate of drug-likeness (QED) is 0.197. The van der Waals surface area contributed by atoms with E-state index in [1.165, 1.54) is 48.5 Å². The molecule has 0 bridgehead atoms. The van der Waals surface area contributed by atoms with Gasteiger partial charge < -0.3 is 4.42 Å². The highest BCUT2D eigenvalue weighted by molar-refractivity contribution is 6.45. The molecule has 0 unspecified atom stereocenters. The van der Waals surface area contributed by atoms with Crippen molar-refractivity contribution in [1.29, 1.82) is 0 Å². The summed E-state index contributed by atoms with van der Waals surface area (Å²) in [5.41, 5.74) is 1.95. The summed E-state index contributed by atoms with van der Waals surface area (Å²) in [5.74, 6) is 0.684. The molecule has 0 spiro atoms. The minimum absolute atomic E-state index is 0.0237. The summed E-state index contributed by atoms with van der Waals surface area (Å²) in [4.78, 5) is 13.3. The molecule has 0 N–H and O–H groups in total. The van der Waals surface area contributed by atoms with Crippen molar-refractivity contribution < 1.29 is 4.42 Å². The fourth-order valence-corrected chi connectivity index (χ4v) is 6.29. The Balaban J connectivity index is 1.86. The molecule has 7 aromatic rings. The van der Waals surface area contributed by atoms with E-state index in [-0.39, 0.29) is 5.43 Å². The predicted molar refractivity (Wildman–Crippen MR) is 129 cm³/mol. The van der Waals surface area contributed by atoms with Gasteiger partial charge >= 0.3 is 0 Å². The van der Waals surface area contributed by atoms with Crippen LogP contribution in [0.3, 0.4) is 0 Å². The summed E-state index contributed by atoms with van der Waals surface area (Å²) >= 11 is 0. The average molecular weight is 392 g/mol. The summed E-state index contributed by atoms with van der Waals surface area (Å²) in [6.45, 7) is 0. The summed E-state index contributed by atoms with van der Waals surface area (Å²) in [7, 11) is 0. The van der Waals surface area contributed by atoms with Crippen molar-refractivity contribution in [2.75, 3.05) is 0 Å². The van der Waals surface area contributed by atoms with E-state index in [2.05, 4.69) is 54.6 Å². The first-order valence-corrected chi connectivity index (χ1v) is 10.6. The van der Waals surface area contributed by atoms with Crippen LogP contribution in [0.15, 0.2) is 82.0 Å². The molecule has 0 saturated heterocycles. The Morgan fingerprint density at radius 2 is 1.16 bits per heavy atom. The van der Waals surface area contributed by atoms with Crippen LogP contribution in [-0.2, 0) is 0 Å². The third-order valence-corrected chi connectivity index (χ3v) is 7.39. The van der Waals surface area contributed by atoms with Gasteiger partial charge in [-0.2, -0.15) is 0 Å². The van der Waals surface area contributed by atoms with Crippen molar-refractivity contribution in [3.05, 3.63) is 83.0 Å². The number of hydrogen-bond donors (Lipinski definition) is 0. The molecule has 0 radical (unpaired) electrons. The molecule has 31 heavy (non-hydrogen) atoms. The van der Waals surface area contributed by atoms with Gasteiger partial charge in [-0.15, -0.1) is 0 Å². The van der Waals surface area contributed by atoms with Crippen LogP contribution in [0.4, 0.5) is 0 Å². The topological polar surface area (TPSA) is 30.2 Å². The molecule has 2 heteroatoms. The maximum Gasteiger partial charge on any atom is 0.190 e. The maximum atomic E-state index is 13.3. The van der Waals surface area contributed by atoms with Crippen LogP contribution in [0.5, 0.6) is 0 Å². The molecule has 1 heterocycles. The van der Waals surface area contributed by atoms with E-state index in [1.807, 2.05) is 12.1 Å². The summed E-state index contributed by atoms with van der Waals surface area (Å²) in [6.07, 6.45) is 0. The van der Waals surface area contributed by atoms with Gasteiger partial charge in [0, 0.05) is 38.6 Å². The van der Waals surface area contributed by atoms with Crippen molar-refractivity contribution in [3.8, 4) is 11.3 Å². The first kappa shape index (κ1) is 14.8. The molecule has 7 aromatic carbocycles. The van der Waals surface area contributed by atoms with Crippen molar-refractivity contribution in [3.63, 3.8) is 0 Å². The number of hydrogen-bond acceptors (Lipinski definition) is 2. The van der Waals surface area contributed by atoms with Crippen molar-refractivity contribution in [1.82, 2.24) is 0 Å². The van der Waals surface area contributed by atoms with Crippen LogP contribution in [0.2, 0.25) is 0 Å². The van der Waals surface area contributed by atoms with Gasteiger partial charge in [-0.25, -0.2) is 0 Å². The van der Waals surface area contributed by atoms with E-state index < -0.39 is 0 Å². The zero-order chi connectivity index (χ0) is 20.0. The van der Waals surface area contributed by atoms with E-state index in [0.29, 0.717) is 5.76 Å². The molecule has 0 saturated carbocycles. The lowest BCUT2D eigenvalue weighted by molar-refractivity contribution is 0.622. The van der Waals surface area contributed by atoms with Gasteiger partial charge in [0.2, 0.25) is 0 Å². The molecular weight excluding hydrogens is 380 g/mol. The van der Waals surface area contributed by atoms with Crippen molar-refractivity contribution >= 4 is 75.6 Å². The van der Waals surface area contributed by atoms with Crippen molar-refractivity contribution in [2.45, 2.75) is 0 Å². The Kier molecular flexibility index (Phi) is 2.12. The zero-order valence-electron chi connectivity index (χ0n) is 16.2. The molecule has 1 aliphatic carbocycles. The van der Waals surface area contributed by atoms with Gasteiger partial charge in [0.25, 0.3) is 0 Å². The third-order valence-electron chi connectivity index (χ3n) is 7.39. The van der Waals surface area contributed by atoms with Crippen LogP contribution in [-0.4, -0.2) is 0 Å². The summed E-state index contributed by atoms with van der Waals surface area (Å²) in [6, 6.07) is 25.4. The van der Waals surface area contributed by atoms with Gasteiger partial charge in [0.1, 0.15) is 11.3 Å². The minimum Gasteiger partial charge on any atom is -0.456 e. The van der Waals surface area contributed by atoms with E-state index in [9.17, 15) is 4.79 Å². The zero-order valence-corrected chi connectivity index (χ0v) is 16.2. The molecule has 2 aliphatic rings. The molecule has 9 rings (SSSR count). The number of benzene rings is 8. The molecule has 0 atom stereocenters. The number of rotatable bonds is 0. The highest BCUT2D eigenvalue weighted by Crippen LogP contribution is 2.53. The normalized spacial score (nSPS) is 13.3. The monoisotopic (exact) mass is 392 g/mol. The first-order valence-electron chi connectivity index (χ1n) is 10.6. The maximum absolute atomic E-state index is 13.3. The Bertz CT molecular complexity index is 2160. The average Bonchev–Trinajstić information content (AvgIpc) is 2.79. The van der Waals surface area contributed by atoms with Crippen LogP contribution < -0.4 is 5.43 Å². The molecular formula is C29H12O2. The molecule has 0 fully saturated rings. The van der Waals surface area contributed by atoms with Gasteiger partial charge in [0.05, 0.1) is 0 Å². The smallest absolute Gasteiger partial charge is 0.190 e. The van der Waals surface area contributed by atoms with Crippen LogP contribution >= 0.6 is 0 Å². The van der Waals surface area contributed by atoms with E-state index in [1.54, 1.807) is 6.07 Å². The second kappa shape index (κ2) is 4.45. The van der Waals surface area contributed by atoms with Crippen LogP contribution in [0.1, 0.15) is 0 Å². The minimum atomic E-state index is 0.0237. The summed E-state index contributed by atoms with van der Waals surface area (Å²) in [5, 5.41) is 15.2. The fourth-order valence-electron chi connectivity index (χ4n) is 6.29. The summed E-state index contributed by atoms with van der Waals surface area (Å²) < 4.78 is 6.36.